The van der Waals surface area contributed by atoms with Crippen LogP contribution in [0.3, 0.4) is 0 Å². The summed E-state index contributed by atoms with van der Waals surface area (Å²) >= 11 is 12.2. The maximum Gasteiger partial charge on any atom is 0.323 e. The van der Waals surface area contributed by atoms with Gasteiger partial charge < -0.3 is 15.3 Å². The highest BCUT2D eigenvalue weighted by molar-refractivity contribution is 6.59. The third-order valence-corrected chi connectivity index (χ3v) is 5.78. The molecule has 4 aromatic rings. The van der Waals surface area contributed by atoms with Crippen molar-refractivity contribution < 1.29 is 9.59 Å². The summed E-state index contributed by atoms with van der Waals surface area (Å²) < 4.78 is 0. The molecule has 168 valence electrons. The van der Waals surface area contributed by atoms with E-state index in [0.29, 0.717) is 43.6 Å². The molecular formula is C24H15Cl2N5O3. The monoisotopic (exact) mass is 491 g/mol. The van der Waals surface area contributed by atoms with Gasteiger partial charge >= 0.3 is 5.69 Å². The lowest BCUT2D eigenvalue weighted by atomic mass is 9.89. The Hall–Kier alpha value is -4.14. The van der Waals surface area contributed by atoms with Gasteiger partial charge in [-0.05, 0) is 48.0 Å². The molecule has 0 unspecified atom stereocenters. The number of ketones is 1. The quantitative estimate of drug-likeness (QED) is 0.246. The third-order valence-electron chi connectivity index (χ3n) is 5.21. The van der Waals surface area contributed by atoms with Crippen LogP contribution in [0, 0.1) is 0 Å². The first-order valence-corrected chi connectivity index (χ1v) is 10.8. The standard InChI is InChI=1S/C24H15Cl2N5O3/c25-13-5-7-17(26)19(10-13)30-31-21-15-4-2-1-3-12(15)9-16(22(21)32)23(33)27-14-6-8-18-20(11-14)29-24(34)28-18/h1-11,30H,(H,27,33)(H2,28,29,34)/b31-21-. The normalized spacial score (nSPS) is 14.1. The highest BCUT2D eigenvalue weighted by Gasteiger charge is 2.30. The van der Waals surface area contributed by atoms with E-state index in [-0.39, 0.29) is 17.0 Å². The van der Waals surface area contributed by atoms with Crippen molar-refractivity contribution in [3.63, 3.8) is 0 Å². The predicted molar refractivity (Wildman–Crippen MR) is 134 cm³/mol. The number of amides is 1. The summed E-state index contributed by atoms with van der Waals surface area (Å²) in [6.45, 7) is 0. The van der Waals surface area contributed by atoms with E-state index in [9.17, 15) is 14.4 Å². The second-order valence-electron chi connectivity index (χ2n) is 7.46. The van der Waals surface area contributed by atoms with Crippen LogP contribution < -0.4 is 16.4 Å². The van der Waals surface area contributed by atoms with Crippen molar-refractivity contribution in [3.05, 3.63) is 97.9 Å². The lowest BCUT2D eigenvalue weighted by molar-refractivity contribution is -0.116. The number of halogens is 2. The van der Waals surface area contributed by atoms with Gasteiger partial charge in [0, 0.05) is 16.3 Å². The van der Waals surface area contributed by atoms with Gasteiger partial charge in [0.05, 0.1) is 27.3 Å². The van der Waals surface area contributed by atoms with Gasteiger partial charge in [0.1, 0.15) is 5.71 Å². The van der Waals surface area contributed by atoms with E-state index < -0.39 is 11.7 Å². The Bertz CT molecular complexity index is 1600. The van der Waals surface area contributed by atoms with Crippen LogP contribution >= 0.6 is 23.2 Å². The first kappa shape index (κ1) is 21.7. The second kappa shape index (κ2) is 8.66. The number of aromatic amines is 2. The Balaban J connectivity index is 1.48. The lowest BCUT2D eigenvalue weighted by Gasteiger charge is -2.17. The third kappa shape index (κ3) is 4.12. The summed E-state index contributed by atoms with van der Waals surface area (Å²) in [5, 5.41) is 7.80. The van der Waals surface area contributed by atoms with Gasteiger partial charge in [0.15, 0.2) is 0 Å². The lowest BCUT2D eigenvalue weighted by Crippen LogP contribution is -2.30. The van der Waals surface area contributed by atoms with Crippen molar-refractivity contribution in [2.45, 2.75) is 0 Å². The summed E-state index contributed by atoms with van der Waals surface area (Å²) in [5.41, 5.74) is 5.60. The molecule has 8 nitrogen and oxygen atoms in total. The number of H-pyrrole nitrogens is 2. The number of hydrazone groups is 1. The topological polar surface area (TPSA) is 119 Å². The fourth-order valence-corrected chi connectivity index (χ4v) is 3.93. The Morgan fingerprint density at radius 2 is 1.71 bits per heavy atom. The van der Waals surface area contributed by atoms with E-state index in [1.165, 1.54) is 6.08 Å². The van der Waals surface area contributed by atoms with Gasteiger partial charge in [-0.3, -0.25) is 15.0 Å². The van der Waals surface area contributed by atoms with Crippen LogP contribution in [0.2, 0.25) is 10.0 Å². The molecule has 4 N–H and O–H groups in total. The Kier molecular flexibility index (Phi) is 5.53. The summed E-state index contributed by atoms with van der Waals surface area (Å²) in [4.78, 5) is 43.1. The molecule has 0 saturated heterocycles. The Labute approximate surface area is 202 Å². The number of rotatable bonds is 4. The zero-order valence-electron chi connectivity index (χ0n) is 17.3. The van der Waals surface area contributed by atoms with E-state index in [4.69, 9.17) is 23.2 Å². The van der Waals surface area contributed by atoms with Gasteiger partial charge in [-0.1, -0.05) is 47.5 Å². The molecule has 5 rings (SSSR count). The minimum atomic E-state index is -0.606. The number of benzene rings is 3. The number of aromatic nitrogens is 2. The molecule has 1 aliphatic carbocycles. The number of hydrogen-bond donors (Lipinski definition) is 4. The molecule has 1 heterocycles. The summed E-state index contributed by atoms with van der Waals surface area (Å²) in [5.74, 6) is -1.16. The minimum absolute atomic E-state index is 0.0599. The summed E-state index contributed by atoms with van der Waals surface area (Å²) in [6.07, 6.45) is 1.52. The molecule has 0 spiro atoms. The van der Waals surface area contributed by atoms with Crippen LogP contribution in [0.1, 0.15) is 11.1 Å². The Morgan fingerprint density at radius 1 is 0.912 bits per heavy atom. The number of carbonyl (C=O) groups is 2. The van der Waals surface area contributed by atoms with Crippen molar-refractivity contribution in [1.82, 2.24) is 9.97 Å². The molecule has 0 bridgehead atoms. The minimum Gasteiger partial charge on any atom is -0.322 e. The number of hydrogen-bond acceptors (Lipinski definition) is 5. The molecule has 1 amide bonds. The number of nitrogens with zero attached hydrogens (tertiary/aromatic N) is 1. The maximum atomic E-state index is 13.3. The molecule has 1 aliphatic rings. The van der Waals surface area contributed by atoms with Gasteiger partial charge in [-0.2, -0.15) is 5.10 Å². The van der Waals surface area contributed by atoms with Crippen molar-refractivity contribution in [3.8, 4) is 0 Å². The van der Waals surface area contributed by atoms with Crippen LogP contribution in [0.25, 0.3) is 17.1 Å². The SMILES string of the molecule is O=C(Nc1ccc2[nH]c(=O)[nH]c2c1)C1=Cc2ccccc2/C(=N/Nc2cc(Cl)ccc2Cl)C1=O. The zero-order chi connectivity index (χ0) is 23.8. The smallest absolute Gasteiger partial charge is 0.322 e. The number of fused-ring (bicyclic) bond motifs is 2. The molecule has 0 radical (unpaired) electrons. The molecule has 0 saturated carbocycles. The number of imidazole rings is 1. The molecule has 1 aromatic heterocycles. The van der Waals surface area contributed by atoms with E-state index in [2.05, 4.69) is 25.8 Å². The number of carbonyl (C=O) groups excluding carboxylic acids is 2. The number of anilines is 2. The van der Waals surface area contributed by atoms with Gasteiger partial charge in [-0.15, -0.1) is 0 Å². The first-order chi connectivity index (χ1) is 16.4. The van der Waals surface area contributed by atoms with Gasteiger partial charge in [-0.25, -0.2) is 4.79 Å². The first-order valence-electron chi connectivity index (χ1n) is 10.1. The molecule has 0 atom stereocenters. The second-order valence-corrected chi connectivity index (χ2v) is 8.31. The van der Waals surface area contributed by atoms with E-state index in [1.54, 1.807) is 60.7 Å². The van der Waals surface area contributed by atoms with E-state index >= 15 is 0 Å². The molecule has 0 aliphatic heterocycles. The average molecular weight is 492 g/mol. The van der Waals surface area contributed by atoms with E-state index in [1.807, 2.05) is 0 Å². The largest absolute Gasteiger partial charge is 0.323 e. The number of Topliss-reactive ketones (excluding diaryl/α,β-unsaturated/α-hetero) is 1. The molecule has 10 heteroatoms. The van der Waals surface area contributed by atoms with Crippen LogP contribution in [0.15, 0.2) is 76.1 Å². The molecule has 0 fully saturated rings. The van der Waals surface area contributed by atoms with Crippen LogP contribution in [0.5, 0.6) is 0 Å². The van der Waals surface area contributed by atoms with Crippen LogP contribution in [-0.2, 0) is 9.59 Å². The zero-order valence-corrected chi connectivity index (χ0v) is 18.8. The van der Waals surface area contributed by atoms with E-state index in [0.717, 1.165) is 0 Å². The highest BCUT2D eigenvalue weighted by atomic mass is 35.5. The Morgan fingerprint density at radius 3 is 2.56 bits per heavy atom. The molecular weight excluding hydrogens is 477 g/mol. The summed E-state index contributed by atoms with van der Waals surface area (Å²) in [6, 6.07) is 16.8. The van der Waals surface area contributed by atoms with Crippen LogP contribution in [-0.4, -0.2) is 27.4 Å². The van der Waals surface area contributed by atoms with Crippen molar-refractivity contribution in [1.29, 1.82) is 0 Å². The predicted octanol–water partition coefficient (Wildman–Crippen LogP) is 4.58. The molecule has 34 heavy (non-hydrogen) atoms. The maximum absolute atomic E-state index is 13.3. The highest BCUT2D eigenvalue weighted by Crippen LogP contribution is 2.27. The van der Waals surface area contributed by atoms with Crippen molar-refractivity contribution in [2.24, 2.45) is 5.10 Å². The average Bonchev–Trinajstić information content (AvgIpc) is 3.19. The molecule has 3 aromatic carbocycles. The summed E-state index contributed by atoms with van der Waals surface area (Å²) in [7, 11) is 0. The number of nitrogens with one attached hydrogen (secondary N) is 4. The van der Waals surface area contributed by atoms with Crippen molar-refractivity contribution >= 4 is 69.1 Å². The van der Waals surface area contributed by atoms with Crippen molar-refractivity contribution in [2.75, 3.05) is 10.7 Å². The van der Waals surface area contributed by atoms with Gasteiger partial charge in [0.2, 0.25) is 5.78 Å². The fourth-order valence-electron chi connectivity index (χ4n) is 3.60. The van der Waals surface area contributed by atoms with Crippen LogP contribution in [0.4, 0.5) is 11.4 Å². The fraction of sp³-hybridized carbons (Fsp3) is 0. The van der Waals surface area contributed by atoms with Gasteiger partial charge in [0.25, 0.3) is 5.91 Å².